The van der Waals surface area contributed by atoms with Crippen molar-refractivity contribution in [3.05, 3.63) is 71.3 Å². The second-order valence-corrected chi connectivity index (χ2v) is 6.25. The van der Waals surface area contributed by atoms with Gasteiger partial charge in [-0.3, -0.25) is 9.69 Å². The highest BCUT2D eigenvalue weighted by molar-refractivity contribution is 5.85. The van der Waals surface area contributed by atoms with Gasteiger partial charge in [-0.2, -0.15) is 0 Å². The minimum Gasteiger partial charge on any atom is -0.340 e. The Morgan fingerprint density at radius 1 is 0.917 bits per heavy atom. The van der Waals surface area contributed by atoms with Crippen LogP contribution in [0.1, 0.15) is 16.7 Å². The number of carbonyl (C=O) groups is 1. The molecule has 0 bridgehead atoms. The third-order valence-corrected chi connectivity index (χ3v) is 4.58. The lowest BCUT2D eigenvalue weighted by molar-refractivity contribution is -0.132. The third kappa shape index (κ3) is 4.83. The van der Waals surface area contributed by atoms with E-state index >= 15 is 0 Å². The molecular weight excluding hydrogens is 320 g/mol. The molecule has 1 aliphatic heterocycles. The van der Waals surface area contributed by atoms with Gasteiger partial charge in [0.2, 0.25) is 5.91 Å². The Morgan fingerprint density at radius 3 is 2.21 bits per heavy atom. The van der Waals surface area contributed by atoms with Crippen LogP contribution in [0.5, 0.6) is 0 Å². The Hall–Kier alpha value is -1.84. The zero-order valence-electron chi connectivity index (χ0n) is 14.1. The summed E-state index contributed by atoms with van der Waals surface area (Å²) in [5.41, 5.74) is 3.83. The molecule has 1 saturated heterocycles. The smallest absolute Gasteiger partial charge is 0.227 e. The van der Waals surface area contributed by atoms with Crippen LogP contribution in [0.2, 0.25) is 0 Å². The van der Waals surface area contributed by atoms with Crippen molar-refractivity contribution >= 4 is 18.3 Å². The number of rotatable bonds is 4. The van der Waals surface area contributed by atoms with Crippen LogP contribution in [0, 0.1) is 6.92 Å². The predicted octanol–water partition coefficient (Wildman–Crippen LogP) is 3.30. The van der Waals surface area contributed by atoms with Gasteiger partial charge in [-0.05, 0) is 23.6 Å². The number of nitrogens with zero attached hydrogens (tertiary/aromatic N) is 2. The van der Waals surface area contributed by atoms with Gasteiger partial charge >= 0.3 is 0 Å². The van der Waals surface area contributed by atoms with Crippen LogP contribution < -0.4 is 0 Å². The highest BCUT2D eigenvalue weighted by atomic mass is 35.5. The number of amides is 1. The van der Waals surface area contributed by atoms with Crippen LogP contribution >= 0.6 is 12.4 Å². The molecule has 0 unspecified atom stereocenters. The summed E-state index contributed by atoms with van der Waals surface area (Å²) in [4.78, 5) is 16.8. The molecule has 0 saturated carbocycles. The Bertz CT molecular complexity index is 652. The van der Waals surface area contributed by atoms with Crippen LogP contribution in [0.25, 0.3) is 0 Å². The maximum Gasteiger partial charge on any atom is 0.227 e. The molecule has 0 aromatic heterocycles. The highest BCUT2D eigenvalue weighted by Gasteiger charge is 2.21. The van der Waals surface area contributed by atoms with Gasteiger partial charge in [0.05, 0.1) is 6.42 Å². The second-order valence-electron chi connectivity index (χ2n) is 6.25. The molecule has 3 nitrogen and oxygen atoms in total. The minimum absolute atomic E-state index is 0. The molecule has 1 aliphatic rings. The van der Waals surface area contributed by atoms with E-state index in [9.17, 15) is 4.79 Å². The van der Waals surface area contributed by atoms with Crippen molar-refractivity contribution in [3.8, 4) is 0 Å². The van der Waals surface area contributed by atoms with E-state index in [1.165, 1.54) is 11.1 Å². The van der Waals surface area contributed by atoms with Crippen LogP contribution in [-0.2, 0) is 17.8 Å². The van der Waals surface area contributed by atoms with Crippen molar-refractivity contribution in [2.45, 2.75) is 19.9 Å². The van der Waals surface area contributed by atoms with Crippen LogP contribution in [0.3, 0.4) is 0 Å². The Morgan fingerprint density at radius 2 is 1.54 bits per heavy atom. The maximum atomic E-state index is 12.4. The number of halogens is 1. The van der Waals surface area contributed by atoms with Gasteiger partial charge in [-0.25, -0.2) is 0 Å². The summed E-state index contributed by atoms with van der Waals surface area (Å²) in [6.45, 7) is 6.71. The number of carbonyl (C=O) groups excluding carboxylic acids is 1. The van der Waals surface area contributed by atoms with Gasteiger partial charge in [0, 0.05) is 32.7 Å². The Labute approximate surface area is 150 Å². The quantitative estimate of drug-likeness (QED) is 0.849. The van der Waals surface area contributed by atoms with E-state index in [4.69, 9.17) is 0 Å². The van der Waals surface area contributed by atoms with Gasteiger partial charge in [0.25, 0.3) is 0 Å². The lowest BCUT2D eigenvalue weighted by Crippen LogP contribution is -2.48. The summed E-state index contributed by atoms with van der Waals surface area (Å²) < 4.78 is 0. The van der Waals surface area contributed by atoms with E-state index in [0.29, 0.717) is 6.42 Å². The average Bonchev–Trinajstić information content (AvgIpc) is 2.58. The molecule has 1 amide bonds. The van der Waals surface area contributed by atoms with Crippen molar-refractivity contribution in [2.75, 3.05) is 26.2 Å². The number of piperazine rings is 1. The summed E-state index contributed by atoms with van der Waals surface area (Å²) in [5.74, 6) is 0.242. The van der Waals surface area contributed by atoms with Crippen molar-refractivity contribution in [2.24, 2.45) is 0 Å². The first-order valence-corrected chi connectivity index (χ1v) is 8.31. The van der Waals surface area contributed by atoms with Crippen molar-refractivity contribution in [3.63, 3.8) is 0 Å². The lowest BCUT2D eigenvalue weighted by atomic mass is 10.1. The SMILES string of the molecule is Cc1ccccc1CN1CCN(C(=O)Cc2ccccc2)CC1.Cl. The van der Waals surface area contributed by atoms with Crippen molar-refractivity contribution in [1.29, 1.82) is 0 Å². The van der Waals surface area contributed by atoms with E-state index < -0.39 is 0 Å². The molecular formula is C20H25ClN2O. The fraction of sp³-hybridized carbons (Fsp3) is 0.350. The third-order valence-electron chi connectivity index (χ3n) is 4.58. The molecule has 3 rings (SSSR count). The first kappa shape index (κ1) is 18.5. The summed E-state index contributed by atoms with van der Waals surface area (Å²) in [5, 5.41) is 0. The molecule has 2 aromatic rings. The van der Waals surface area contributed by atoms with Gasteiger partial charge in [-0.15, -0.1) is 12.4 Å². The number of benzene rings is 2. The van der Waals surface area contributed by atoms with E-state index in [2.05, 4.69) is 36.1 Å². The van der Waals surface area contributed by atoms with Gasteiger partial charge < -0.3 is 4.90 Å². The number of hydrogen-bond donors (Lipinski definition) is 0. The standard InChI is InChI=1S/C20H24N2O.ClH/c1-17-7-5-6-10-19(17)16-21-11-13-22(14-12-21)20(23)15-18-8-3-2-4-9-18;/h2-10H,11-16H2,1H3;1H. The maximum absolute atomic E-state index is 12.4. The van der Waals surface area contributed by atoms with E-state index in [-0.39, 0.29) is 18.3 Å². The second kappa shape index (κ2) is 8.86. The summed E-state index contributed by atoms with van der Waals surface area (Å²) in [7, 11) is 0. The fourth-order valence-electron chi connectivity index (χ4n) is 3.07. The molecule has 0 aliphatic carbocycles. The first-order valence-electron chi connectivity index (χ1n) is 8.31. The van der Waals surface area contributed by atoms with Crippen molar-refractivity contribution in [1.82, 2.24) is 9.80 Å². The molecule has 1 heterocycles. The zero-order chi connectivity index (χ0) is 16.1. The van der Waals surface area contributed by atoms with Crippen molar-refractivity contribution < 1.29 is 4.79 Å². The average molecular weight is 345 g/mol. The lowest BCUT2D eigenvalue weighted by Gasteiger charge is -2.35. The van der Waals surface area contributed by atoms with Gasteiger partial charge in [0.15, 0.2) is 0 Å². The summed E-state index contributed by atoms with van der Waals surface area (Å²) in [6, 6.07) is 18.5. The van der Waals surface area contributed by atoms with Gasteiger partial charge in [-0.1, -0.05) is 54.6 Å². The normalized spacial score (nSPS) is 15.0. The molecule has 1 fully saturated rings. The molecule has 4 heteroatoms. The fourth-order valence-corrected chi connectivity index (χ4v) is 3.07. The molecule has 0 spiro atoms. The largest absolute Gasteiger partial charge is 0.340 e. The summed E-state index contributed by atoms with van der Waals surface area (Å²) in [6.07, 6.45) is 0.513. The predicted molar refractivity (Wildman–Crippen MR) is 100 cm³/mol. The highest BCUT2D eigenvalue weighted by Crippen LogP contribution is 2.13. The van der Waals surface area contributed by atoms with Crippen LogP contribution in [0.15, 0.2) is 54.6 Å². The van der Waals surface area contributed by atoms with Gasteiger partial charge in [0.1, 0.15) is 0 Å². The molecule has 24 heavy (non-hydrogen) atoms. The van der Waals surface area contributed by atoms with E-state index in [0.717, 1.165) is 38.3 Å². The number of aryl methyl sites for hydroxylation is 1. The van der Waals surface area contributed by atoms with Crippen LogP contribution in [-0.4, -0.2) is 41.9 Å². The summed E-state index contributed by atoms with van der Waals surface area (Å²) >= 11 is 0. The molecule has 128 valence electrons. The monoisotopic (exact) mass is 344 g/mol. The molecule has 0 atom stereocenters. The molecule has 0 radical (unpaired) electrons. The topological polar surface area (TPSA) is 23.6 Å². The van der Waals surface area contributed by atoms with E-state index in [1.807, 2.05) is 35.2 Å². The van der Waals surface area contributed by atoms with Crippen LogP contribution in [0.4, 0.5) is 0 Å². The molecule has 2 aromatic carbocycles. The molecule has 0 N–H and O–H groups in total. The first-order chi connectivity index (χ1) is 11.2. The number of hydrogen-bond acceptors (Lipinski definition) is 2. The van der Waals surface area contributed by atoms with E-state index in [1.54, 1.807) is 0 Å². The zero-order valence-corrected chi connectivity index (χ0v) is 15.0. The Kier molecular flexibility index (Phi) is 6.83. The minimum atomic E-state index is 0. The Balaban J connectivity index is 0.00000208.